The van der Waals surface area contributed by atoms with Gasteiger partial charge in [-0.2, -0.15) is 0 Å². The first-order valence-corrected chi connectivity index (χ1v) is 10.1. The molecule has 2 rings (SSSR count). The maximum absolute atomic E-state index is 12.1. The zero-order valence-corrected chi connectivity index (χ0v) is 15.8. The zero-order chi connectivity index (χ0) is 16.9. The summed E-state index contributed by atoms with van der Waals surface area (Å²) >= 11 is 0. The molecule has 0 N–H and O–H groups in total. The summed E-state index contributed by atoms with van der Waals surface area (Å²) in [5.74, 6) is 1.97. The van der Waals surface area contributed by atoms with Gasteiger partial charge in [0.25, 0.3) is 0 Å². The Morgan fingerprint density at radius 1 is 1.35 bits per heavy atom. The number of nitrogens with zero attached hydrogens (tertiary/aromatic N) is 1. The van der Waals surface area contributed by atoms with Crippen LogP contribution >= 0.6 is 10.9 Å². The van der Waals surface area contributed by atoms with Gasteiger partial charge in [-0.3, -0.25) is 0 Å². The van der Waals surface area contributed by atoms with E-state index in [4.69, 9.17) is 9.47 Å². The summed E-state index contributed by atoms with van der Waals surface area (Å²) in [5, 5.41) is 2.38. The molecule has 2 aliphatic heterocycles. The van der Waals surface area contributed by atoms with Crippen LogP contribution in [-0.4, -0.2) is 49.2 Å². The minimum Gasteiger partial charge on any atom is -0.444 e. The van der Waals surface area contributed by atoms with E-state index in [9.17, 15) is 4.79 Å². The maximum atomic E-state index is 12.1. The largest absolute Gasteiger partial charge is 0.444 e. The van der Waals surface area contributed by atoms with Gasteiger partial charge >= 0.3 is 6.09 Å². The molecule has 1 fully saturated rings. The van der Waals surface area contributed by atoms with E-state index in [-0.39, 0.29) is 17.0 Å². The summed E-state index contributed by atoms with van der Waals surface area (Å²) < 4.78 is 10.7. The molecule has 1 saturated heterocycles. The molecule has 0 spiro atoms. The SMILES string of the molecule is COCCC1=CC=C[SH]1CC1CCN(C(=O)OC(C)(C)C)CC1. The van der Waals surface area contributed by atoms with Gasteiger partial charge in [0.15, 0.2) is 0 Å². The Labute approximate surface area is 143 Å². The lowest BCUT2D eigenvalue weighted by Gasteiger charge is -2.35. The number of thiol groups is 1. The highest BCUT2D eigenvalue weighted by molar-refractivity contribution is 8.23. The quantitative estimate of drug-likeness (QED) is 0.766. The van der Waals surface area contributed by atoms with Crippen molar-refractivity contribution in [2.75, 3.05) is 32.6 Å². The van der Waals surface area contributed by atoms with Crippen molar-refractivity contribution in [3.8, 4) is 0 Å². The minimum absolute atomic E-state index is 0.129. The van der Waals surface area contributed by atoms with E-state index in [1.807, 2.05) is 25.7 Å². The Kier molecular flexibility index (Phi) is 6.60. The summed E-state index contributed by atoms with van der Waals surface area (Å²) in [5.41, 5.74) is -0.410. The summed E-state index contributed by atoms with van der Waals surface area (Å²) in [6.45, 7) is 8.21. The molecule has 4 nitrogen and oxygen atoms in total. The highest BCUT2D eigenvalue weighted by Crippen LogP contribution is 2.45. The van der Waals surface area contributed by atoms with E-state index in [1.165, 1.54) is 5.75 Å². The molecule has 0 aliphatic carbocycles. The average Bonchev–Trinajstić information content (AvgIpc) is 2.91. The lowest BCUT2D eigenvalue weighted by atomic mass is 9.99. The molecule has 0 aromatic rings. The number of carbonyl (C=O) groups is 1. The van der Waals surface area contributed by atoms with Gasteiger partial charge < -0.3 is 14.4 Å². The fraction of sp³-hybridized carbons (Fsp3) is 0.722. The number of hydrogen-bond acceptors (Lipinski definition) is 3. The number of piperidine rings is 1. The number of ether oxygens (including phenoxy) is 2. The summed E-state index contributed by atoms with van der Waals surface area (Å²) in [4.78, 5) is 15.5. The van der Waals surface area contributed by atoms with E-state index in [2.05, 4.69) is 17.6 Å². The zero-order valence-electron chi connectivity index (χ0n) is 14.9. The van der Waals surface area contributed by atoms with Crippen LogP contribution in [0.2, 0.25) is 0 Å². The van der Waals surface area contributed by atoms with Crippen LogP contribution in [0.3, 0.4) is 0 Å². The third kappa shape index (κ3) is 5.88. The number of methoxy groups -OCH3 is 1. The van der Waals surface area contributed by atoms with Gasteiger partial charge in [0.2, 0.25) is 0 Å². The molecular weight excluding hydrogens is 310 g/mol. The standard InChI is InChI=1S/C18H31NO3S/c1-18(2,3)22-17(20)19-10-7-15(8-11-19)14-23-13-5-6-16(23)9-12-21-4/h5-6,13,15,23H,7-12,14H2,1-4H3. The summed E-state index contributed by atoms with van der Waals surface area (Å²) in [7, 11) is 1.63. The maximum Gasteiger partial charge on any atom is 0.410 e. The van der Waals surface area contributed by atoms with Gasteiger partial charge in [-0.15, -0.1) is 0 Å². The second kappa shape index (κ2) is 8.25. The molecule has 23 heavy (non-hydrogen) atoms. The minimum atomic E-state index is -0.410. The van der Waals surface area contributed by atoms with Crippen molar-refractivity contribution in [2.45, 2.75) is 45.6 Å². The van der Waals surface area contributed by atoms with E-state index >= 15 is 0 Å². The molecule has 1 atom stereocenters. The summed E-state index contributed by atoms with van der Waals surface area (Å²) in [6.07, 6.45) is 7.52. The van der Waals surface area contributed by atoms with Crippen LogP contribution in [-0.2, 0) is 9.47 Å². The van der Waals surface area contributed by atoms with Crippen LogP contribution in [0.1, 0.15) is 40.0 Å². The predicted octanol–water partition coefficient (Wildman–Crippen LogP) is 4.08. The van der Waals surface area contributed by atoms with E-state index in [1.54, 1.807) is 12.0 Å². The number of allylic oxidation sites excluding steroid dienone is 2. The lowest BCUT2D eigenvalue weighted by molar-refractivity contribution is 0.0191. The smallest absolute Gasteiger partial charge is 0.410 e. The molecule has 1 amide bonds. The van der Waals surface area contributed by atoms with Crippen molar-refractivity contribution in [2.24, 2.45) is 5.92 Å². The van der Waals surface area contributed by atoms with Crippen LogP contribution in [0.25, 0.3) is 0 Å². The van der Waals surface area contributed by atoms with Crippen molar-refractivity contribution in [1.82, 2.24) is 4.90 Å². The van der Waals surface area contributed by atoms with Gasteiger partial charge in [0.05, 0.1) is 6.61 Å². The Bertz CT molecular complexity index is 459. The van der Waals surface area contributed by atoms with Crippen LogP contribution in [0, 0.1) is 5.92 Å². The number of amides is 1. The Balaban J connectivity index is 1.76. The topological polar surface area (TPSA) is 38.8 Å². The number of hydrogen-bond donors (Lipinski definition) is 1. The van der Waals surface area contributed by atoms with Crippen molar-refractivity contribution >= 4 is 17.0 Å². The van der Waals surface area contributed by atoms with Crippen LogP contribution < -0.4 is 0 Å². The fourth-order valence-corrected chi connectivity index (χ4v) is 5.38. The van der Waals surface area contributed by atoms with E-state index in [0.29, 0.717) is 5.92 Å². The van der Waals surface area contributed by atoms with E-state index in [0.717, 1.165) is 39.0 Å². The van der Waals surface area contributed by atoms with Gasteiger partial charge in [-0.1, -0.05) is 12.2 Å². The highest BCUT2D eigenvalue weighted by atomic mass is 32.2. The highest BCUT2D eigenvalue weighted by Gasteiger charge is 2.28. The molecule has 5 heteroatoms. The number of carbonyl (C=O) groups excluding carboxylic acids is 1. The molecule has 132 valence electrons. The number of rotatable bonds is 5. The molecule has 0 aromatic carbocycles. The second-order valence-corrected chi connectivity index (χ2v) is 9.48. The molecular formula is C18H31NO3S. The third-order valence-electron chi connectivity index (χ3n) is 4.21. The van der Waals surface area contributed by atoms with Gasteiger partial charge in [0, 0.05) is 26.6 Å². The lowest BCUT2D eigenvalue weighted by Crippen LogP contribution is -2.42. The van der Waals surface area contributed by atoms with Gasteiger partial charge in [-0.25, -0.2) is 15.7 Å². The fourth-order valence-electron chi connectivity index (χ4n) is 2.96. The predicted molar refractivity (Wildman–Crippen MR) is 98.1 cm³/mol. The Hall–Kier alpha value is -0.940. The molecule has 1 unspecified atom stereocenters. The monoisotopic (exact) mass is 341 g/mol. The van der Waals surface area contributed by atoms with E-state index < -0.39 is 5.60 Å². The summed E-state index contributed by atoms with van der Waals surface area (Å²) in [6, 6.07) is 0. The Morgan fingerprint density at radius 3 is 2.65 bits per heavy atom. The van der Waals surface area contributed by atoms with Gasteiger partial charge in [-0.05, 0) is 55.6 Å². The molecule has 0 radical (unpaired) electrons. The van der Waals surface area contributed by atoms with Gasteiger partial charge in [0.1, 0.15) is 5.60 Å². The normalized spacial score (nSPS) is 23.9. The van der Waals surface area contributed by atoms with Crippen molar-refractivity contribution < 1.29 is 14.3 Å². The third-order valence-corrected chi connectivity index (χ3v) is 6.76. The van der Waals surface area contributed by atoms with Crippen molar-refractivity contribution in [1.29, 1.82) is 0 Å². The first-order chi connectivity index (χ1) is 10.9. The number of likely N-dealkylation sites (tertiary alicyclic amines) is 1. The van der Waals surface area contributed by atoms with Crippen LogP contribution in [0.5, 0.6) is 0 Å². The van der Waals surface area contributed by atoms with Crippen LogP contribution in [0.4, 0.5) is 4.79 Å². The second-order valence-electron chi connectivity index (χ2n) is 7.31. The van der Waals surface area contributed by atoms with Crippen molar-refractivity contribution in [3.05, 3.63) is 22.5 Å². The Morgan fingerprint density at radius 2 is 2.04 bits per heavy atom. The molecule has 2 aliphatic rings. The first-order valence-electron chi connectivity index (χ1n) is 8.50. The molecule has 2 heterocycles. The average molecular weight is 342 g/mol. The van der Waals surface area contributed by atoms with Crippen molar-refractivity contribution in [3.63, 3.8) is 0 Å². The molecule has 0 bridgehead atoms. The molecule has 0 aromatic heterocycles. The first kappa shape index (κ1) is 18.4. The molecule has 0 saturated carbocycles. The van der Waals surface area contributed by atoms with Crippen LogP contribution in [0.15, 0.2) is 22.5 Å².